The molecule has 104 valence electrons. The average molecular weight is 244 g/mol. The lowest BCUT2D eigenvalue weighted by Crippen LogP contribution is -2.49. The second-order valence-corrected chi connectivity index (χ2v) is 5.81. The SMILES string of the molecule is COCC(CNCC(C)C)N(C)C(C)C(C)C. The van der Waals surface area contributed by atoms with Crippen LogP contribution in [0.5, 0.6) is 0 Å². The number of hydrogen-bond donors (Lipinski definition) is 1. The van der Waals surface area contributed by atoms with E-state index in [0.717, 1.165) is 19.7 Å². The molecular formula is C14H32N2O. The highest BCUT2D eigenvalue weighted by molar-refractivity contribution is 4.77. The van der Waals surface area contributed by atoms with Crippen molar-refractivity contribution in [2.75, 3.05) is 33.9 Å². The molecule has 0 heterocycles. The molecule has 0 amide bonds. The predicted octanol–water partition coefficient (Wildman–Crippen LogP) is 2.22. The molecule has 0 aromatic rings. The van der Waals surface area contributed by atoms with Crippen LogP contribution in [-0.2, 0) is 4.74 Å². The summed E-state index contributed by atoms with van der Waals surface area (Å²) in [6.45, 7) is 14.2. The third-order valence-electron chi connectivity index (χ3n) is 3.47. The molecule has 3 nitrogen and oxygen atoms in total. The van der Waals surface area contributed by atoms with Crippen molar-refractivity contribution < 1.29 is 4.74 Å². The molecule has 0 saturated carbocycles. The van der Waals surface area contributed by atoms with Gasteiger partial charge < -0.3 is 10.1 Å². The fourth-order valence-electron chi connectivity index (χ4n) is 1.85. The summed E-state index contributed by atoms with van der Waals surface area (Å²) in [5.74, 6) is 1.37. The smallest absolute Gasteiger partial charge is 0.0630 e. The summed E-state index contributed by atoms with van der Waals surface area (Å²) in [6, 6.07) is 1.03. The van der Waals surface area contributed by atoms with E-state index >= 15 is 0 Å². The van der Waals surface area contributed by atoms with Crippen LogP contribution in [-0.4, -0.2) is 50.8 Å². The Kier molecular flexibility index (Phi) is 8.83. The predicted molar refractivity (Wildman–Crippen MR) is 75.4 cm³/mol. The first-order chi connectivity index (χ1) is 7.90. The highest BCUT2D eigenvalue weighted by atomic mass is 16.5. The van der Waals surface area contributed by atoms with Crippen molar-refractivity contribution in [1.82, 2.24) is 10.2 Å². The van der Waals surface area contributed by atoms with Gasteiger partial charge in [-0.15, -0.1) is 0 Å². The minimum Gasteiger partial charge on any atom is -0.383 e. The van der Waals surface area contributed by atoms with Gasteiger partial charge in [0.25, 0.3) is 0 Å². The molecule has 0 aliphatic rings. The van der Waals surface area contributed by atoms with Gasteiger partial charge in [-0.05, 0) is 32.4 Å². The van der Waals surface area contributed by atoms with Crippen LogP contribution in [0, 0.1) is 11.8 Å². The van der Waals surface area contributed by atoms with E-state index in [1.807, 2.05) is 0 Å². The van der Waals surface area contributed by atoms with Gasteiger partial charge in [0, 0.05) is 25.7 Å². The van der Waals surface area contributed by atoms with Gasteiger partial charge in [0.1, 0.15) is 0 Å². The minimum atomic E-state index is 0.455. The van der Waals surface area contributed by atoms with E-state index in [2.05, 4.69) is 51.9 Å². The molecule has 2 unspecified atom stereocenters. The molecule has 0 spiro atoms. The van der Waals surface area contributed by atoms with Crippen LogP contribution in [0.2, 0.25) is 0 Å². The molecule has 17 heavy (non-hydrogen) atoms. The molecular weight excluding hydrogens is 212 g/mol. The van der Waals surface area contributed by atoms with E-state index in [4.69, 9.17) is 4.74 Å². The van der Waals surface area contributed by atoms with E-state index in [1.54, 1.807) is 7.11 Å². The summed E-state index contributed by atoms with van der Waals surface area (Å²) < 4.78 is 5.33. The van der Waals surface area contributed by atoms with Gasteiger partial charge in [-0.2, -0.15) is 0 Å². The maximum absolute atomic E-state index is 5.33. The maximum atomic E-state index is 5.33. The number of nitrogens with zero attached hydrogens (tertiary/aromatic N) is 1. The zero-order valence-electron chi connectivity index (χ0n) is 12.8. The van der Waals surface area contributed by atoms with Gasteiger partial charge in [-0.1, -0.05) is 27.7 Å². The van der Waals surface area contributed by atoms with Crippen LogP contribution in [0.4, 0.5) is 0 Å². The lowest BCUT2D eigenvalue weighted by Gasteiger charge is -2.35. The molecule has 0 bridgehead atoms. The van der Waals surface area contributed by atoms with Crippen molar-refractivity contribution in [1.29, 1.82) is 0 Å². The zero-order valence-corrected chi connectivity index (χ0v) is 12.8. The van der Waals surface area contributed by atoms with E-state index in [0.29, 0.717) is 23.9 Å². The molecule has 0 rings (SSSR count). The van der Waals surface area contributed by atoms with Crippen molar-refractivity contribution in [3.05, 3.63) is 0 Å². The summed E-state index contributed by atoms with van der Waals surface area (Å²) in [5.41, 5.74) is 0. The lowest BCUT2D eigenvalue weighted by atomic mass is 10.0. The molecule has 0 aromatic carbocycles. The summed E-state index contributed by atoms with van der Waals surface area (Å²) in [7, 11) is 3.98. The Balaban J connectivity index is 4.20. The number of likely N-dealkylation sites (N-methyl/N-ethyl adjacent to an activating group) is 1. The second kappa shape index (κ2) is 8.90. The van der Waals surface area contributed by atoms with Crippen LogP contribution in [0.15, 0.2) is 0 Å². The summed E-state index contributed by atoms with van der Waals surface area (Å²) in [5, 5.41) is 3.52. The van der Waals surface area contributed by atoms with Crippen LogP contribution in [0.3, 0.4) is 0 Å². The standard InChI is InChI=1S/C14H32N2O/c1-11(2)8-15-9-14(10-17-7)16(6)13(5)12(3)4/h11-15H,8-10H2,1-7H3. The summed E-state index contributed by atoms with van der Waals surface area (Å²) in [4.78, 5) is 2.43. The van der Waals surface area contributed by atoms with Crippen molar-refractivity contribution in [2.24, 2.45) is 11.8 Å². The van der Waals surface area contributed by atoms with Gasteiger partial charge >= 0.3 is 0 Å². The van der Waals surface area contributed by atoms with Crippen LogP contribution < -0.4 is 5.32 Å². The monoisotopic (exact) mass is 244 g/mol. The second-order valence-electron chi connectivity index (χ2n) is 5.81. The molecule has 2 atom stereocenters. The Morgan fingerprint density at radius 2 is 1.65 bits per heavy atom. The van der Waals surface area contributed by atoms with E-state index in [-0.39, 0.29) is 0 Å². The van der Waals surface area contributed by atoms with Crippen molar-refractivity contribution in [2.45, 2.75) is 46.7 Å². The molecule has 0 aromatic heterocycles. The molecule has 0 aliphatic heterocycles. The molecule has 0 radical (unpaired) electrons. The van der Waals surface area contributed by atoms with Crippen molar-refractivity contribution >= 4 is 0 Å². The molecule has 0 fully saturated rings. The Labute approximate surface area is 108 Å². The number of methoxy groups -OCH3 is 1. The Hall–Kier alpha value is -0.120. The number of nitrogens with one attached hydrogen (secondary N) is 1. The highest BCUT2D eigenvalue weighted by Crippen LogP contribution is 2.11. The summed E-state index contributed by atoms with van der Waals surface area (Å²) in [6.07, 6.45) is 0. The number of hydrogen-bond acceptors (Lipinski definition) is 3. The van der Waals surface area contributed by atoms with Crippen molar-refractivity contribution in [3.63, 3.8) is 0 Å². The first kappa shape index (κ1) is 16.9. The third-order valence-corrected chi connectivity index (χ3v) is 3.47. The van der Waals surface area contributed by atoms with E-state index in [1.165, 1.54) is 0 Å². The van der Waals surface area contributed by atoms with Gasteiger partial charge in [-0.3, -0.25) is 4.90 Å². The largest absolute Gasteiger partial charge is 0.383 e. The average Bonchev–Trinajstić information content (AvgIpc) is 2.25. The first-order valence-corrected chi connectivity index (χ1v) is 6.81. The maximum Gasteiger partial charge on any atom is 0.0630 e. The van der Waals surface area contributed by atoms with E-state index in [9.17, 15) is 0 Å². The zero-order chi connectivity index (χ0) is 13.4. The van der Waals surface area contributed by atoms with Crippen LogP contribution in [0.25, 0.3) is 0 Å². The van der Waals surface area contributed by atoms with Crippen LogP contribution in [0.1, 0.15) is 34.6 Å². The van der Waals surface area contributed by atoms with Gasteiger partial charge in [0.2, 0.25) is 0 Å². The fraction of sp³-hybridized carbons (Fsp3) is 1.00. The first-order valence-electron chi connectivity index (χ1n) is 6.81. The number of rotatable bonds is 9. The molecule has 3 heteroatoms. The Bertz CT molecular complexity index is 183. The fourth-order valence-corrected chi connectivity index (χ4v) is 1.85. The van der Waals surface area contributed by atoms with Crippen molar-refractivity contribution in [3.8, 4) is 0 Å². The van der Waals surface area contributed by atoms with Gasteiger partial charge in [0.05, 0.1) is 6.61 Å². The highest BCUT2D eigenvalue weighted by Gasteiger charge is 2.21. The molecule has 0 aliphatic carbocycles. The number of ether oxygens (including phenoxy) is 1. The van der Waals surface area contributed by atoms with Gasteiger partial charge in [-0.25, -0.2) is 0 Å². The Morgan fingerprint density at radius 3 is 2.06 bits per heavy atom. The lowest BCUT2D eigenvalue weighted by molar-refractivity contribution is 0.0700. The Morgan fingerprint density at radius 1 is 1.06 bits per heavy atom. The molecule has 1 N–H and O–H groups in total. The topological polar surface area (TPSA) is 24.5 Å². The minimum absolute atomic E-state index is 0.455. The quantitative estimate of drug-likeness (QED) is 0.673. The normalized spacial score (nSPS) is 15.9. The third kappa shape index (κ3) is 7.02. The molecule has 0 saturated heterocycles. The van der Waals surface area contributed by atoms with Gasteiger partial charge in [0.15, 0.2) is 0 Å². The summed E-state index contributed by atoms with van der Waals surface area (Å²) >= 11 is 0. The van der Waals surface area contributed by atoms with E-state index < -0.39 is 0 Å². The van der Waals surface area contributed by atoms with Crippen LogP contribution >= 0.6 is 0 Å².